The molecule has 0 heterocycles. The van der Waals surface area contributed by atoms with Crippen molar-refractivity contribution in [2.45, 2.75) is 25.3 Å². The fourth-order valence-electron chi connectivity index (χ4n) is 2.37. The van der Waals surface area contributed by atoms with Gasteiger partial charge in [0.05, 0.1) is 5.02 Å². The number of rotatable bonds is 10. The number of allylic oxidation sites excluding steroid dienone is 4. The highest BCUT2D eigenvalue weighted by Gasteiger charge is 2.14. The van der Waals surface area contributed by atoms with Crippen LogP contribution in [-0.2, 0) is 11.2 Å². The summed E-state index contributed by atoms with van der Waals surface area (Å²) in [6.45, 7) is 7.92. The molecule has 0 aliphatic heterocycles. The van der Waals surface area contributed by atoms with Gasteiger partial charge in [0.2, 0.25) is 5.91 Å². The number of likely N-dealkylation sites (N-methyl/N-ethyl adjacent to an activating group) is 1. The van der Waals surface area contributed by atoms with Gasteiger partial charge in [0.25, 0.3) is 0 Å². The van der Waals surface area contributed by atoms with Crippen molar-refractivity contribution in [2.75, 3.05) is 20.6 Å². The maximum Gasteiger partial charge on any atom is 0.220 e. The summed E-state index contributed by atoms with van der Waals surface area (Å²) in [5.74, 6) is 0.0816. The van der Waals surface area contributed by atoms with Gasteiger partial charge in [0.1, 0.15) is 5.75 Å². The maximum atomic E-state index is 12.1. The van der Waals surface area contributed by atoms with Crippen molar-refractivity contribution in [3.8, 4) is 5.75 Å². The molecule has 2 N–H and O–H groups in total. The van der Waals surface area contributed by atoms with Gasteiger partial charge in [-0.25, -0.2) is 0 Å². The number of carbonyl (C=O) groups is 1. The first-order chi connectivity index (χ1) is 11.9. The molecule has 1 rings (SSSR count). The molecule has 25 heavy (non-hydrogen) atoms. The van der Waals surface area contributed by atoms with Crippen LogP contribution >= 0.6 is 11.6 Å². The average Bonchev–Trinajstić information content (AvgIpc) is 2.58. The van der Waals surface area contributed by atoms with Crippen molar-refractivity contribution in [3.05, 3.63) is 65.7 Å². The van der Waals surface area contributed by atoms with Gasteiger partial charge in [-0.2, -0.15) is 0 Å². The summed E-state index contributed by atoms with van der Waals surface area (Å²) in [5, 5.41) is 12.8. The molecular weight excluding hydrogens is 336 g/mol. The van der Waals surface area contributed by atoms with E-state index in [0.717, 1.165) is 17.6 Å². The van der Waals surface area contributed by atoms with Crippen molar-refractivity contribution >= 4 is 17.5 Å². The third kappa shape index (κ3) is 7.59. The SMILES string of the molecule is C=C/C=C(\C=C)CCC(=O)NCC(Cc1ccc(O)c(Cl)c1)N(C)C. The van der Waals surface area contributed by atoms with Gasteiger partial charge in [-0.3, -0.25) is 4.79 Å². The quantitative estimate of drug-likeness (QED) is 0.624. The summed E-state index contributed by atoms with van der Waals surface area (Å²) >= 11 is 5.96. The van der Waals surface area contributed by atoms with Crippen LogP contribution in [0, 0.1) is 0 Å². The molecule has 1 unspecified atom stereocenters. The van der Waals surface area contributed by atoms with Crippen molar-refractivity contribution in [2.24, 2.45) is 0 Å². The van der Waals surface area contributed by atoms with Gasteiger partial charge < -0.3 is 15.3 Å². The van der Waals surface area contributed by atoms with Crippen molar-refractivity contribution in [3.63, 3.8) is 0 Å². The summed E-state index contributed by atoms with van der Waals surface area (Å²) in [4.78, 5) is 14.1. The second-order valence-electron chi connectivity index (χ2n) is 6.09. The predicted molar refractivity (Wildman–Crippen MR) is 105 cm³/mol. The monoisotopic (exact) mass is 362 g/mol. The standard InChI is InChI=1S/C20H27ClN2O2/c1-5-7-15(6-2)9-11-20(25)22-14-17(23(3)4)12-16-8-10-19(24)18(21)13-16/h5-8,10,13,17,24H,1-2,9,11-12,14H2,3-4H3,(H,22,25)/b15-7+. The lowest BCUT2D eigenvalue weighted by Gasteiger charge is -2.25. The highest BCUT2D eigenvalue weighted by Crippen LogP contribution is 2.24. The van der Waals surface area contributed by atoms with E-state index >= 15 is 0 Å². The fourth-order valence-corrected chi connectivity index (χ4v) is 2.57. The van der Waals surface area contributed by atoms with Crippen LogP contribution in [0.25, 0.3) is 0 Å². The highest BCUT2D eigenvalue weighted by atomic mass is 35.5. The lowest BCUT2D eigenvalue weighted by Crippen LogP contribution is -2.41. The van der Waals surface area contributed by atoms with Crippen LogP contribution in [-0.4, -0.2) is 42.6 Å². The maximum absolute atomic E-state index is 12.1. The third-order valence-electron chi connectivity index (χ3n) is 3.98. The molecule has 0 aliphatic rings. The fraction of sp³-hybridized carbons (Fsp3) is 0.350. The van der Waals surface area contributed by atoms with Crippen molar-refractivity contribution in [1.82, 2.24) is 10.2 Å². The molecule has 1 atom stereocenters. The Labute approximate surface area is 155 Å². The van der Waals surface area contributed by atoms with Crippen LogP contribution in [0.3, 0.4) is 0 Å². The topological polar surface area (TPSA) is 52.6 Å². The molecule has 1 aromatic rings. The van der Waals surface area contributed by atoms with E-state index in [9.17, 15) is 9.90 Å². The highest BCUT2D eigenvalue weighted by molar-refractivity contribution is 6.32. The summed E-state index contributed by atoms with van der Waals surface area (Å²) in [6.07, 6.45) is 7.07. The number of aromatic hydroxyl groups is 1. The lowest BCUT2D eigenvalue weighted by atomic mass is 10.0. The third-order valence-corrected chi connectivity index (χ3v) is 4.29. The number of phenols is 1. The first-order valence-corrected chi connectivity index (χ1v) is 8.59. The molecule has 0 aliphatic carbocycles. The predicted octanol–water partition coefficient (Wildman–Crippen LogP) is 3.71. The molecule has 1 amide bonds. The van der Waals surface area contributed by atoms with E-state index in [4.69, 9.17) is 11.6 Å². The van der Waals surface area contributed by atoms with E-state index < -0.39 is 0 Å². The number of phenolic OH excluding ortho intramolecular Hbond substituents is 1. The van der Waals surface area contributed by atoms with E-state index in [-0.39, 0.29) is 17.7 Å². The zero-order valence-corrected chi connectivity index (χ0v) is 15.7. The Morgan fingerprint density at radius 3 is 2.64 bits per heavy atom. The van der Waals surface area contributed by atoms with Crippen LogP contribution < -0.4 is 5.32 Å². The molecule has 4 nitrogen and oxygen atoms in total. The molecule has 1 aromatic carbocycles. The van der Waals surface area contributed by atoms with Gasteiger partial charge in [-0.1, -0.05) is 49.1 Å². The molecule has 0 fully saturated rings. The Morgan fingerprint density at radius 1 is 1.36 bits per heavy atom. The minimum absolute atomic E-state index is 0.00685. The normalized spacial score (nSPS) is 12.7. The Kier molecular flexibility index (Phi) is 9.03. The van der Waals surface area contributed by atoms with Crippen LogP contribution in [0.4, 0.5) is 0 Å². The van der Waals surface area contributed by atoms with Gasteiger partial charge in [-0.05, 0) is 50.2 Å². The van der Waals surface area contributed by atoms with Crippen molar-refractivity contribution < 1.29 is 9.90 Å². The van der Waals surface area contributed by atoms with Crippen LogP contribution in [0.1, 0.15) is 18.4 Å². The summed E-state index contributed by atoms with van der Waals surface area (Å²) < 4.78 is 0. The molecule has 5 heteroatoms. The number of halogens is 1. The van der Waals surface area contributed by atoms with Crippen LogP contribution in [0.15, 0.2) is 55.2 Å². The number of nitrogens with zero attached hydrogens (tertiary/aromatic N) is 1. The number of benzene rings is 1. The smallest absolute Gasteiger partial charge is 0.220 e. The zero-order valence-electron chi connectivity index (χ0n) is 15.0. The van der Waals surface area contributed by atoms with Gasteiger partial charge in [-0.15, -0.1) is 0 Å². The van der Waals surface area contributed by atoms with E-state index in [2.05, 4.69) is 23.4 Å². The zero-order chi connectivity index (χ0) is 18.8. The Bertz CT molecular complexity index is 639. The summed E-state index contributed by atoms with van der Waals surface area (Å²) in [5.41, 5.74) is 2.01. The summed E-state index contributed by atoms with van der Waals surface area (Å²) in [6, 6.07) is 5.32. The minimum Gasteiger partial charge on any atom is -0.506 e. The number of hydrogen-bond acceptors (Lipinski definition) is 3. The molecule has 0 aromatic heterocycles. The lowest BCUT2D eigenvalue weighted by molar-refractivity contribution is -0.121. The van der Waals surface area contributed by atoms with Crippen LogP contribution in [0.5, 0.6) is 5.75 Å². The molecule has 0 spiro atoms. The number of nitrogens with one attached hydrogen (secondary N) is 1. The Balaban J connectivity index is 2.56. The first-order valence-electron chi connectivity index (χ1n) is 8.22. The summed E-state index contributed by atoms with van der Waals surface area (Å²) in [7, 11) is 3.95. The Morgan fingerprint density at radius 2 is 2.08 bits per heavy atom. The molecule has 0 saturated heterocycles. The van der Waals surface area contributed by atoms with Crippen LogP contribution in [0.2, 0.25) is 5.02 Å². The van der Waals surface area contributed by atoms with Gasteiger partial charge in [0, 0.05) is 19.0 Å². The number of carbonyl (C=O) groups excluding carboxylic acids is 1. The largest absolute Gasteiger partial charge is 0.506 e. The average molecular weight is 363 g/mol. The van der Waals surface area contributed by atoms with E-state index in [1.807, 2.05) is 26.2 Å². The first kappa shape index (κ1) is 21.0. The molecule has 0 bridgehead atoms. The number of amides is 1. The number of hydrogen-bond donors (Lipinski definition) is 2. The second kappa shape index (κ2) is 10.7. The van der Waals surface area contributed by atoms with E-state index in [0.29, 0.717) is 24.4 Å². The molecule has 0 saturated carbocycles. The van der Waals surface area contributed by atoms with Gasteiger partial charge >= 0.3 is 0 Å². The minimum atomic E-state index is 0.00685. The van der Waals surface area contributed by atoms with E-state index in [1.165, 1.54) is 0 Å². The molecule has 0 radical (unpaired) electrons. The van der Waals surface area contributed by atoms with Gasteiger partial charge in [0.15, 0.2) is 0 Å². The Hall–Kier alpha value is -2.04. The molecular formula is C20H27ClN2O2. The second-order valence-corrected chi connectivity index (χ2v) is 6.50. The van der Waals surface area contributed by atoms with Crippen molar-refractivity contribution in [1.29, 1.82) is 0 Å². The van der Waals surface area contributed by atoms with E-state index in [1.54, 1.807) is 24.3 Å². The molecule has 136 valence electrons.